The molecule has 1 saturated heterocycles. The molecule has 1 fully saturated rings. The lowest BCUT2D eigenvalue weighted by Crippen LogP contribution is -2.60. The molecule has 0 aromatic rings. The zero-order valence-corrected chi connectivity index (χ0v) is 50.9. The van der Waals surface area contributed by atoms with Crippen LogP contribution in [0.25, 0.3) is 0 Å². The first-order chi connectivity index (χ1) is 38.2. The molecule has 0 radical (unpaired) electrons. The summed E-state index contributed by atoms with van der Waals surface area (Å²) in [6, 6.07) is -1.17. The molecule has 11 heteroatoms. The average molecular weight is 1110 g/mol. The molecule has 1 amide bonds. The quantitative estimate of drug-likeness (QED) is 0.0215. The van der Waals surface area contributed by atoms with Crippen molar-refractivity contribution in [3.63, 3.8) is 0 Å². The van der Waals surface area contributed by atoms with Gasteiger partial charge in [0.05, 0.1) is 25.4 Å². The predicted octanol–water partition coefficient (Wildman–Crippen LogP) is 15.6. The standard InChI is InChI=1S/C67H129NO10/c1-3-5-7-9-11-13-15-17-19-21-23-25-27-28-29-30-31-32-33-35-36-38-40-42-44-46-48-50-52-54-59(70)62(72)58(57-77-67-65(75)64(74)63(73)61(56-69)78-67)68-66(76)60(71)55-53-51-49-47-45-43-41-39-37-34-26-24-22-20-18-16-14-12-10-8-6-4-2/h24,26,37,39,58-65,67,69-75H,3-23,25,27-36,38,40-57H2,1-2H3,(H,68,76)/b26-24-,39-37-. The number of amides is 1. The third-order valence-electron chi connectivity index (χ3n) is 16.5. The average Bonchev–Trinajstić information content (AvgIpc) is 3.46. The Labute approximate surface area is 480 Å². The van der Waals surface area contributed by atoms with Gasteiger partial charge in [0.25, 0.3) is 0 Å². The monoisotopic (exact) mass is 1110 g/mol. The number of aliphatic hydroxyl groups is 7. The van der Waals surface area contributed by atoms with Gasteiger partial charge >= 0.3 is 0 Å². The summed E-state index contributed by atoms with van der Waals surface area (Å²) in [5.74, 6) is -0.700. The molecule has 0 aromatic heterocycles. The summed E-state index contributed by atoms with van der Waals surface area (Å²) in [6.07, 6.45) is 58.2. The summed E-state index contributed by atoms with van der Waals surface area (Å²) in [5.41, 5.74) is 0. The SMILES string of the molecule is CCCCCCCCCCC/C=C\C/C=C\CCCCCCCCC(O)C(=O)NC(COC1OC(CO)C(O)C(O)C1O)C(O)C(O)CCCCCCCCCCCCCCCCCCCCCCCCCCCCCCC. The Bertz CT molecular complexity index is 1320. The van der Waals surface area contributed by atoms with E-state index in [9.17, 15) is 40.5 Å². The van der Waals surface area contributed by atoms with E-state index in [0.717, 1.165) is 64.2 Å². The van der Waals surface area contributed by atoms with Crippen LogP contribution in [0.5, 0.6) is 0 Å². The Morgan fingerprint density at radius 3 is 1.14 bits per heavy atom. The van der Waals surface area contributed by atoms with Crippen molar-refractivity contribution < 1.29 is 50.0 Å². The van der Waals surface area contributed by atoms with E-state index < -0.39 is 74.2 Å². The second kappa shape index (κ2) is 56.1. The van der Waals surface area contributed by atoms with Crippen molar-refractivity contribution in [2.45, 2.75) is 384 Å². The number of aliphatic hydroxyl groups excluding tert-OH is 7. The van der Waals surface area contributed by atoms with Crippen LogP contribution in [0.15, 0.2) is 24.3 Å². The van der Waals surface area contributed by atoms with Gasteiger partial charge in [-0.05, 0) is 44.9 Å². The van der Waals surface area contributed by atoms with E-state index in [1.165, 1.54) is 225 Å². The van der Waals surface area contributed by atoms with Crippen LogP contribution in [0.3, 0.4) is 0 Å². The van der Waals surface area contributed by atoms with E-state index in [1.54, 1.807) is 0 Å². The second-order valence-electron chi connectivity index (χ2n) is 23.9. The van der Waals surface area contributed by atoms with E-state index in [2.05, 4.69) is 43.5 Å². The number of allylic oxidation sites excluding steroid dienone is 4. The highest BCUT2D eigenvalue weighted by Crippen LogP contribution is 2.24. The van der Waals surface area contributed by atoms with Crippen LogP contribution < -0.4 is 5.32 Å². The Hall–Kier alpha value is -1.41. The molecule has 8 N–H and O–H groups in total. The van der Waals surface area contributed by atoms with Gasteiger partial charge in [0.1, 0.15) is 36.6 Å². The van der Waals surface area contributed by atoms with Crippen molar-refractivity contribution in [2.75, 3.05) is 13.2 Å². The molecule has 0 saturated carbocycles. The first kappa shape index (κ1) is 74.6. The van der Waals surface area contributed by atoms with Crippen LogP contribution in [0.1, 0.15) is 328 Å². The zero-order chi connectivity index (χ0) is 56.8. The van der Waals surface area contributed by atoms with Crippen molar-refractivity contribution in [1.82, 2.24) is 5.32 Å². The molecule has 9 unspecified atom stereocenters. The van der Waals surface area contributed by atoms with E-state index >= 15 is 0 Å². The van der Waals surface area contributed by atoms with Crippen molar-refractivity contribution >= 4 is 5.91 Å². The van der Waals surface area contributed by atoms with Gasteiger partial charge in [-0.25, -0.2) is 0 Å². The van der Waals surface area contributed by atoms with E-state index in [-0.39, 0.29) is 6.42 Å². The minimum Gasteiger partial charge on any atom is -0.394 e. The van der Waals surface area contributed by atoms with Crippen molar-refractivity contribution in [1.29, 1.82) is 0 Å². The summed E-state index contributed by atoms with van der Waals surface area (Å²) < 4.78 is 11.2. The Kier molecular flexibility index (Phi) is 53.6. The predicted molar refractivity (Wildman–Crippen MR) is 326 cm³/mol. The summed E-state index contributed by atoms with van der Waals surface area (Å²) in [5, 5.41) is 76.4. The number of hydrogen-bond acceptors (Lipinski definition) is 10. The van der Waals surface area contributed by atoms with Gasteiger partial charge in [0.2, 0.25) is 5.91 Å². The van der Waals surface area contributed by atoms with Crippen molar-refractivity contribution in [3.8, 4) is 0 Å². The topological polar surface area (TPSA) is 189 Å². The molecule has 0 aromatic carbocycles. The Morgan fingerprint density at radius 1 is 0.449 bits per heavy atom. The highest BCUT2D eigenvalue weighted by molar-refractivity contribution is 5.80. The third kappa shape index (κ3) is 43.3. The number of rotatable bonds is 59. The van der Waals surface area contributed by atoms with Crippen LogP contribution in [-0.2, 0) is 14.3 Å². The first-order valence-electron chi connectivity index (χ1n) is 33.7. The number of hydrogen-bond donors (Lipinski definition) is 8. The van der Waals surface area contributed by atoms with Gasteiger partial charge < -0.3 is 50.5 Å². The molecule has 462 valence electrons. The molecule has 0 aliphatic carbocycles. The lowest BCUT2D eigenvalue weighted by molar-refractivity contribution is -0.303. The molecule has 0 bridgehead atoms. The number of nitrogens with one attached hydrogen (secondary N) is 1. The highest BCUT2D eigenvalue weighted by Gasteiger charge is 2.44. The summed E-state index contributed by atoms with van der Waals surface area (Å²) in [6.45, 7) is 3.50. The summed E-state index contributed by atoms with van der Waals surface area (Å²) >= 11 is 0. The van der Waals surface area contributed by atoms with E-state index in [4.69, 9.17) is 9.47 Å². The molecule has 11 nitrogen and oxygen atoms in total. The summed E-state index contributed by atoms with van der Waals surface area (Å²) in [7, 11) is 0. The third-order valence-corrected chi connectivity index (χ3v) is 16.5. The van der Waals surface area contributed by atoms with Gasteiger partial charge in [0.15, 0.2) is 6.29 Å². The lowest BCUT2D eigenvalue weighted by Gasteiger charge is -2.40. The summed E-state index contributed by atoms with van der Waals surface area (Å²) in [4.78, 5) is 13.2. The molecule has 9 atom stereocenters. The van der Waals surface area contributed by atoms with Gasteiger partial charge in [-0.2, -0.15) is 0 Å². The maximum Gasteiger partial charge on any atom is 0.249 e. The minimum absolute atomic E-state index is 0.250. The number of ether oxygens (including phenoxy) is 2. The van der Waals surface area contributed by atoms with Crippen molar-refractivity contribution in [2.24, 2.45) is 0 Å². The normalized spacial score (nSPS) is 19.5. The molecule has 1 aliphatic rings. The van der Waals surface area contributed by atoms with Gasteiger partial charge in [0, 0.05) is 0 Å². The molecule has 78 heavy (non-hydrogen) atoms. The number of unbranched alkanes of at least 4 members (excludes halogenated alkanes) is 43. The number of carbonyl (C=O) groups excluding carboxylic acids is 1. The van der Waals surface area contributed by atoms with E-state index in [0.29, 0.717) is 19.3 Å². The molecule has 0 spiro atoms. The smallest absolute Gasteiger partial charge is 0.249 e. The van der Waals surface area contributed by atoms with Gasteiger partial charge in [-0.1, -0.05) is 308 Å². The largest absolute Gasteiger partial charge is 0.394 e. The molecule has 1 aliphatic heterocycles. The Balaban J connectivity index is 2.22. The van der Waals surface area contributed by atoms with Crippen LogP contribution in [0, 0.1) is 0 Å². The van der Waals surface area contributed by atoms with Gasteiger partial charge in [-0.15, -0.1) is 0 Å². The molecule has 1 rings (SSSR count). The second-order valence-corrected chi connectivity index (χ2v) is 23.9. The highest BCUT2D eigenvalue weighted by atomic mass is 16.7. The van der Waals surface area contributed by atoms with Gasteiger partial charge in [-0.3, -0.25) is 4.79 Å². The van der Waals surface area contributed by atoms with E-state index in [1.807, 2.05) is 0 Å². The maximum atomic E-state index is 13.2. The zero-order valence-electron chi connectivity index (χ0n) is 50.9. The maximum absolute atomic E-state index is 13.2. The van der Waals surface area contributed by atoms with Crippen molar-refractivity contribution in [3.05, 3.63) is 24.3 Å². The van der Waals surface area contributed by atoms with Crippen LogP contribution in [0.2, 0.25) is 0 Å². The fraction of sp³-hybridized carbons (Fsp3) is 0.925. The number of carbonyl (C=O) groups is 1. The van der Waals surface area contributed by atoms with Crippen LogP contribution in [-0.4, -0.2) is 110 Å². The minimum atomic E-state index is -1.66. The Morgan fingerprint density at radius 2 is 0.782 bits per heavy atom. The lowest BCUT2D eigenvalue weighted by atomic mass is 9.98. The first-order valence-corrected chi connectivity index (χ1v) is 33.7. The molecule has 1 heterocycles. The fourth-order valence-electron chi connectivity index (χ4n) is 11.1. The molecular formula is C67H129NO10. The van der Waals surface area contributed by atoms with Crippen LogP contribution in [0.4, 0.5) is 0 Å². The fourth-order valence-corrected chi connectivity index (χ4v) is 11.1. The van der Waals surface area contributed by atoms with Crippen LogP contribution >= 0.6 is 0 Å². The molecular weight excluding hydrogens is 979 g/mol.